The molecule has 0 amide bonds. The highest BCUT2D eigenvalue weighted by molar-refractivity contribution is 7.89. The van der Waals surface area contributed by atoms with Crippen LogP contribution in [0.4, 0.5) is 0 Å². The van der Waals surface area contributed by atoms with Gasteiger partial charge < -0.3 is 5.73 Å². The summed E-state index contributed by atoms with van der Waals surface area (Å²) in [6.07, 6.45) is 0.289. The fourth-order valence-electron chi connectivity index (χ4n) is 1.38. The molecule has 0 bridgehead atoms. The van der Waals surface area contributed by atoms with Crippen molar-refractivity contribution in [3.8, 4) is 0 Å². The van der Waals surface area contributed by atoms with E-state index in [0.29, 0.717) is 13.1 Å². The Morgan fingerprint density at radius 3 is 2.19 bits per heavy atom. The van der Waals surface area contributed by atoms with Crippen LogP contribution >= 0.6 is 0 Å². The van der Waals surface area contributed by atoms with Gasteiger partial charge in [-0.3, -0.25) is 5.41 Å². The molecular weight excluding hydrogens is 226 g/mol. The van der Waals surface area contributed by atoms with Gasteiger partial charge in [-0.15, -0.1) is 0 Å². The highest BCUT2D eigenvalue weighted by atomic mass is 32.2. The molecule has 0 aromatic carbocycles. The number of rotatable bonds is 6. The minimum absolute atomic E-state index is 0.0180. The first-order valence-corrected chi connectivity index (χ1v) is 7.00. The second kappa shape index (κ2) is 5.63. The number of amidine groups is 1. The molecule has 0 atom stereocenters. The van der Waals surface area contributed by atoms with Crippen LogP contribution in [0.5, 0.6) is 0 Å². The van der Waals surface area contributed by atoms with Gasteiger partial charge in [-0.05, 0) is 5.41 Å². The molecule has 0 radical (unpaired) electrons. The van der Waals surface area contributed by atoms with E-state index in [0.717, 1.165) is 0 Å². The van der Waals surface area contributed by atoms with E-state index in [1.807, 2.05) is 20.8 Å². The summed E-state index contributed by atoms with van der Waals surface area (Å²) in [6.45, 7) is 8.19. The molecule has 0 aromatic rings. The molecule has 0 rings (SSSR count). The molecule has 96 valence electrons. The lowest BCUT2D eigenvalue weighted by atomic mass is 10.0. The molecule has 0 saturated carbocycles. The van der Waals surface area contributed by atoms with Crippen LogP contribution in [0.2, 0.25) is 0 Å². The summed E-state index contributed by atoms with van der Waals surface area (Å²) in [5.41, 5.74) is 4.97. The van der Waals surface area contributed by atoms with E-state index in [1.165, 1.54) is 4.31 Å². The number of sulfonamides is 1. The van der Waals surface area contributed by atoms with Crippen molar-refractivity contribution < 1.29 is 8.42 Å². The molecular formula is C10H23N3O2S. The quantitative estimate of drug-likeness (QED) is 0.544. The lowest BCUT2D eigenvalue weighted by molar-refractivity contribution is 0.404. The molecule has 0 aliphatic heterocycles. The summed E-state index contributed by atoms with van der Waals surface area (Å²) in [5.74, 6) is 0.135. The van der Waals surface area contributed by atoms with E-state index in [1.54, 1.807) is 6.92 Å². The van der Waals surface area contributed by atoms with E-state index >= 15 is 0 Å². The van der Waals surface area contributed by atoms with Gasteiger partial charge in [0, 0.05) is 19.5 Å². The molecule has 0 unspecified atom stereocenters. The van der Waals surface area contributed by atoms with Crippen molar-refractivity contribution in [3.63, 3.8) is 0 Å². The lowest BCUT2D eigenvalue weighted by Crippen LogP contribution is -2.38. The van der Waals surface area contributed by atoms with Gasteiger partial charge in [0.05, 0.1) is 11.6 Å². The topological polar surface area (TPSA) is 87.2 Å². The first-order valence-electron chi connectivity index (χ1n) is 5.39. The molecule has 16 heavy (non-hydrogen) atoms. The summed E-state index contributed by atoms with van der Waals surface area (Å²) in [5, 5.41) is 7.10. The van der Waals surface area contributed by atoms with E-state index in [2.05, 4.69) is 0 Å². The zero-order valence-electron chi connectivity index (χ0n) is 10.6. The maximum Gasteiger partial charge on any atom is 0.214 e. The van der Waals surface area contributed by atoms with Crippen molar-refractivity contribution in [2.45, 2.75) is 34.1 Å². The molecule has 3 N–H and O–H groups in total. The summed E-state index contributed by atoms with van der Waals surface area (Å²) in [4.78, 5) is 0. The average molecular weight is 249 g/mol. The Kier molecular flexibility index (Phi) is 5.41. The van der Waals surface area contributed by atoms with Crippen LogP contribution in [0.25, 0.3) is 0 Å². The molecule has 6 heteroatoms. The Balaban J connectivity index is 4.62. The van der Waals surface area contributed by atoms with Gasteiger partial charge in [0.15, 0.2) is 0 Å². The number of hydrogen-bond donors (Lipinski definition) is 2. The largest absolute Gasteiger partial charge is 0.388 e. The Morgan fingerprint density at radius 1 is 1.38 bits per heavy atom. The molecule has 0 aliphatic rings. The SMILES string of the molecule is CCN(CCC(=N)N)S(=O)(=O)CC(C)(C)C. The Hall–Kier alpha value is -0.620. The number of nitrogens with one attached hydrogen (secondary N) is 1. The molecule has 0 fully saturated rings. The molecule has 0 saturated heterocycles. The standard InChI is InChI=1S/C10H23N3O2S/c1-5-13(7-6-9(11)12)16(14,15)8-10(2,3)4/h5-8H2,1-4H3,(H3,11,12). The first-order chi connectivity index (χ1) is 7.08. The fourth-order valence-corrected chi connectivity index (χ4v) is 3.42. The third-order valence-electron chi connectivity index (χ3n) is 1.99. The van der Waals surface area contributed by atoms with Gasteiger partial charge in [0.25, 0.3) is 0 Å². The van der Waals surface area contributed by atoms with Gasteiger partial charge in [-0.25, -0.2) is 12.7 Å². The van der Waals surface area contributed by atoms with Crippen LogP contribution < -0.4 is 5.73 Å². The maximum atomic E-state index is 12.0. The van der Waals surface area contributed by atoms with Crippen LogP contribution in [0.15, 0.2) is 0 Å². The van der Waals surface area contributed by atoms with Gasteiger partial charge in [-0.1, -0.05) is 27.7 Å². The second-order valence-corrected chi connectivity index (χ2v) is 7.05. The normalized spacial score (nSPS) is 13.1. The summed E-state index contributed by atoms with van der Waals surface area (Å²) in [6, 6.07) is 0. The van der Waals surface area contributed by atoms with Crippen molar-refractivity contribution >= 4 is 15.9 Å². The highest BCUT2D eigenvalue weighted by Crippen LogP contribution is 2.18. The predicted octanol–water partition coefficient (Wildman–Crippen LogP) is 1.01. The van der Waals surface area contributed by atoms with Crippen molar-refractivity contribution in [3.05, 3.63) is 0 Å². The van der Waals surface area contributed by atoms with E-state index in [9.17, 15) is 8.42 Å². The third-order valence-corrected chi connectivity index (χ3v) is 4.45. The molecule has 0 aromatic heterocycles. The van der Waals surface area contributed by atoms with Gasteiger partial charge >= 0.3 is 0 Å². The van der Waals surface area contributed by atoms with Crippen LogP contribution in [-0.4, -0.2) is 37.4 Å². The lowest BCUT2D eigenvalue weighted by Gasteiger charge is -2.25. The Labute approximate surface area is 98.6 Å². The summed E-state index contributed by atoms with van der Waals surface area (Å²) < 4.78 is 25.4. The fraction of sp³-hybridized carbons (Fsp3) is 0.900. The van der Waals surface area contributed by atoms with Gasteiger partial charge in [0.2, 0.25) is 10.0 Å². The minimum atomic E-state index is -3.24. The number of nitrogens with zero attached hydrogens (tertiary/aromatic N) is 1. The van der Waals surface area contributed by atoms with E-state index in [-0.39, 0.29) is 23.4 Å². The highest BCUT2D eigenvalue weighted by Gasteiger charge is 2.26. The number of hydrogen-bond acceptors (Lipinski definition) is 3. The second-order valence-electron chi connectivity index (χ2n) is 5.08. The minimum Gasteiger partial charge on any atom is -0.388 e. The monoisotopic (exact) mass is 249 g/mol. The summed E-state index contributed by atoms with van der Waals surface area (Å²) >= 11 is 0. The van der Waals surface area contributed by atoms with E-state index in [4.69, 9.17) is 11.1 Å². The summed E-state index contributed by atoms with van der Waals surface area (Å²) in [7, 11) is -3.24. The van der Waals surface area contributed by atoms with Gasteiger partial charge in [0.1, 0.15) is 0 Å². The zero-order chi connectivity index (χ0) is 13.0. The van der Waals surface area contributed by atoms with Crippen molar-refractivity contribution in [2.24, 2.45) is 11.1 Å². The van der Waals surface area contributed by atoms with Crippen LogP contribution in [0.3, 0.4) is 0 Å². The Morgan fingerprint density at radius 2 is 1.88 bits per heavy atom. The molecule has 0 spiro atoms. The maximum absolute atomic E-state index is 12.0. The van der Waals surface area contributed by atoms with Crippen LogP contribution in [-0.2, 0) is 10.0 Å². The van der Waals surface area contributed by atoms with Gasteiger partial charge in [-0.2, -0.15) is 0 Å². The van der Waals surface area contributed by atoms with Crippen molar-refractivity contribution in [1.29, 1.82) is 5.41 Å². The molecule has 0 heterocycles. The van der Waals surface area contributed by atoms with Crippen molar-refractivity contribution in [2.75, 3.05) is 18.8 Å². The first kappa shape index (κ1) is 15.4. The smallest absolute Gasteiger partial charge is 0.214 e. The number of nitrogens with two attached hydrogens (primary N) is 1. The third kappa shape index (κ3) is 6.07. The predicted molar refractivity (Wildman–Crippen MR) is 67.0 cm³/mol. The van der Waals surface area contributed by atoms with Crippen LogP contribution in [0.1, 0.15) is 34.1 Å². The van der Waals surface area contributed by atoms with Crippen molar-refractivity contribution in [1.82, 2.24) is 4.31 Å². The zero-order valence-corrected chi connectivity index (χ0v) is 11.4. The Bertz CT molecular complexity index is 330. The van der Waals surface area contributed by atoms with E-state index < -0.39 is 10.0 Å². The average Bonchev–Trinajstić information content (AvgIpc) is 1.98. The van der Waals surface area contributed by atoms with Crippen LogP contribution in [0, 0.1) is 10.8 Å². The molecule has 5 nitrogen and oxygen atoms in total. The molecule has 0 aliphatic carbocycles.